The molecule has 0 fully saturated rings. The molecule has 0 aliphatic carbocycles. The predicted molar refractivity (Wildman–Crippen MR) is 123 cm³/mol. The first kappa shape index (κ1) is 19.1. The zero-order valence-electron chi connectivity index (χ0n) is 16.5. The molecule has 5 aromatic rings. The van der Waals surface area contributed by atoms with Gasteiger partial charge in [0.05, 0.1) is 10.3 Å². The van der Waals surface area contributed by atoms with E-state index < -0.39 is 0 Å². The number of nitro groups is 1. The van der Waals surface area contributed by atoms with E-state index >= 15 is 0 Å². The van der Waals surface area contributed by atoms with Gasteiger partial charge in [0.2, 0.25) is 0 Å². The molecule has 4 heteroatoms. The van der Waals surface area contributed by atoms with Crippen LogP contribution in [0.25, 0.3) is 43.1 Å². The van der Waals surface area contributed by atoms with Crippen LogP contribution in [0, 0.1) is 10.1 Å². The van der Waals surface area contributed by atoms with Crippen molar-refractivity contribution < 1.29 is 4.92 Å². The Labute approximate surface area is 169 Å². The van der Waals surface area contributed by atoms with Crippen molar-refractivity contribution in [2.45, 2.75) is 26.2 Å². The van der Waals surface area contributed by atoms with Crippen molar-refractivity contribution in [1.82, 2.24) is 0 Å². The van der Waals surface area contributed by atoms with Crippen molar-refractivity contribution in [1.29, 1.82) is 0 Å². The molecule has 0 heterocycles. The second-order valence-corrected chi connectivity index (χ2v) is 7.33. The first-order valence-electron chi connectivity index (χ1n) is 10.1. The standard InChI is InChI=1S/C20H11NO2.C5H13N/c22-21(23)17-11-10-13-6-2-8-15-14-7-1-4-12-5-3-9-16(18(12)14)20(17)19(13)15;1-2-3-4-5-6/h1-11H;2-6H2,1H3. The van der Waals surface area contributed by atoms with Gasteiger partial charge < -0.3 is 5.73 Å². The number of fused-ring (bicyclic) bond motifs is 2. The third-order valence-corrected chi connectivity index (χ3v) is 5.49. The van der Waals surface area contributed by atoms with Crippen LogP contribution < -0.4 is 5.73 Å². The van der Waals surface area contributed by atoms with Gasteiger partial charge in [0, 0.05) is 11.5 Å². The van der Waals surface area contributed by atoms with Crippen LogP contribution in [0.2, 0.25) is 0 Å². The molecule has 0 spiro atoms. The molecule has 4 nitrogen and oxygen atoms in total. The van der Waals surface area contributed by atoms with E-state index in [1.165, 1.54) is 19.3 Å². The summed E-state index contributed by atoms with van der Waals surface area (Å²) >= 11 is 0. The molecule has 0 aliphatic heterocycles. The lowest BCUT2D eigenvalue weighted by atomic mass is 9.89. The predicted octanol–water partition coefficient (Wildman–Crippen LogP) is 6.78. The Morgan fingerprint density at radius 1 is 0.759 bits per heavy atom. The molecule has 0 aliphatic rings. The molecule has 0 atom stereocenters. The van der Waals surface area contributed by atoms with Crippen LogP contribution in [0.5, 0.6) is 0 Å². The average Bonchev–Trinajstić information content (AvgIpc) is 2.75. The first-order chi connectivity index (χ1) is 14.2. The molecule has 5 rings (SSSR count). The molecule has 0 aromatic heterocycles. The lowest BCUT2D eigenvalue weighted by Gasteiger charge is -2.14. The molecule has 0 radical (unpaired) electrons. The Kier molecular flexibility index (Phi) is 5.28. The maximum atomic E-state index is 11.6. The van der Waals surface area contributed by atoms with Gasteiger partial charge in [0.25, 0.3) is 5.69 Å². The van der Waals surface area contributed by atoms with E-state index in [4.69, 9.17) is 5.73 Å². The molecule has 0 amide bonds. The molecule has 0 saturated carbocycles. The smallest absolute Gasteiger partial charge is 0.277 e. The fourth-order valence-corrected chi connectivity index (χ4v) is 4.19. The van der Waals surface area contributed by atoms with E-state index in [-0.39, 0.29) is 10.6 Å². The Balaban J connectivity index is 0.000000302. The topological polar surface area (TPSA) is 69.2 Å². The molecule has 146 valence electrons. The minimum atomic E-state index is -0.279. The largest absolute Gasteiger partial charge is 0.330 e. The Hall–Kier alpha value is -3.24. The molecule has 29 heavy (non-hydrogen) atoms. The highest BCUT2D eigenvalue weighted by atomic mass is 16.6. The second kappa shape index (κ2) is 8.02. The number of nitrogens with zero attached hydrogens (tertiary/aromatic N) is 1. The third-order valence-electron chi connectivity index (χ3n) is 5.49. The first-order valence-corrected chi connectivity index (χ1v) is 10.1. The highest BCUT2D eigenvalue weighted by molar-refractivity contribution is 6.34. The molecule has 0 unspecified atom stereocenters. The molecular formula is C25H24N2O2. The molecule has 2 N–H and O–H groups in total. The Morgan fingerprint density at radius 2 is 1.34 bits per heavy atom. The van der Waals surface area contributed by atoms with Crippen LogP contribution in [0.1, 0.15) is 26.2 Å². The lowest BCUT2D eigenvalue weighted by molar-refractivity contribution is -0.383. The van der Waals surface area contributed by atoms with Gasteiger partial charge in [-0.05, 0) is 51.3 Å². The van der Waals surface area contributed by atoms with E-state index in [2.05, 4.69) is 31.2 Å². The minimum absolute atomic E-state index is 0.173. The van der Waals surface area contributed by atoms with Gasteiger partial charge in [-0.2, -0.15) is 0 Å². The van der Waals surface area contributed by atoms with Crippen LogP contribution in [0.15, 0.2) is 66.7 Å². The molecule has 5 aromatic carbocycles. The van der Waals surface area contributed by atoms with Crippen LogP contribution in [0.3, 0.4) is 0 Å². The summed E-state index contributed by atoms with van der Waals surface area (Å²) in [5, 5.41) is 19.7. The summed E-state index contributed by atoms with van der Waals surface area (Å²) in [4.78, 5) is 11.3. The quantitative estimate of drug-likeness (QED) is 0.122. The van der Waals surface area contributed by atoms with E-state index in [0.717, 1.165) is 49.6 Å². The SMILES string of the molecule is CCCCCN.O=[N+]([O-])c1ccc2cccc3c4cccc5cccc(c1c23)c54. The van der Waals surface area contributed by atoms with Crippen LogP contribution in [-0.4, -0.2) is 11.5 Å². The summed E-state index contributed by atoms with van der Waals surface area (Å²) in [6.07, 6.45) is 3.75. The fourth-order valence-electron chi connectivity index (χ4n) is 4.19. The number of hydrogen-bond acceptors (Lipinski definition) is 3. The van der Waals surface area contributed by atoms with Gasteiger partial charge in [-0.15, -0.1) is 0 Å². The highest BCUT2D eigenvalue weighted by Gasteiger charge is 2.20. The molecular weight excluding hydrogens is 360 g/mol. The zero-order valence-corrected chi connectivity index (χ0v) is 16.5. The summed E-state index contributed by atoms with van der Waals surface area (Å²) in [7, 11) is 0. The Bertz CT molecular complexity index is 1300. The van der Waals surface area contributed by atoms with E-state index in [0.29, 0.717) is 0 Å². The number of rotatable bonds is 4. The summed E-state index contributed by atoms with van der Waals surface area (Å²) < 4.78 is 0. The van der Waals surface area contributed by atoms with Gasteiger partial charge in [0.1, 0.15) is 0 Å². The van der Waals surface area contributed by atoms with Gasteiger partial charge in [-0.25, -0.2) is 0 Å². The number of benzene rings is 5. The summed E-state index contributed by atoms with van der Waals surface area (Å²) in [6.45, 7) is 3.03. The monoisotopic (exact) mass is 384 g/mol. The van der Waals surface area contributed by atoms with E-state index in [9.17, 15) is 10.1 Å². The van der Waals surface area contributed by atoms with Crippen molar-refractivity contribution in [3.8, 4) is 0 Å². The zero-order chi connectivity index (χ0) is 20.4. The average molecular weight is 384 g/mol. The van der Waals surface area contributed by atoms with Crippen molar-refractivity contribution in [2.75, 3.05) is 6.54 Å². The van der Waals surface area contributed by atoms with Gasteiger partial charge in [0.15, 0.2) is 0 Å². The normalized spacial score (nSPS) is 11.2. The van der Waals surface area contributed by atoms with Crippen molar-refractivity contribution >= 4 is 48.8 Å². The number of hydrogen-bond donors (Lipinski definition) is 1. The van der Waals surface area contributed by atoms with Gasteiger partial charge in [-0.3, -0.25) is 10.1 Å². The Morgan fingerprint density at radius 3 is 1.90 bits per heavy atom. The van der Waals surface area contributed by atoms with Crippen molar-refractivity contribution in [2.24, 2.45) is 5.73 Å². The third kappa shape index (κ3) is 3.26. The fraction of sp³-hybridized carbons (Fsp3) is 0.200. The summed E-state index contributed by atoms with van der Waals surface area (Å²) in [5.74, 6) is 0. The number of unbranched alkanes of at least 4 members (excludes halogenated alkanes) is 2. The second-order valence-electron chi connectivity index (χ2n) is 7.33. The van der Waals surface area contributed by atoms with Gasteiger partial charge in [-0.1, -0.05) is 74.4 Å². The van der Waals surface area contributed by atoms with E-state index in [1.807, 2.05) is 36.4 Å². The molecule has 0 bridgehead atoms. The maximum absolute atomic E-state index is 11.6. The number of nitro benzene ring substituents is 1. The molecule has 0 saturated heterocycles. The minimum Gasteiger partial charge on any atom is -0.330 e. The summed E-state index contributed by atoms with van der Waals surface area (Å²) in [5.41, 5.74) is 5.39. The maximum Gasteiger partial charge on any atom is 0.277 e. The van der Waals surface area contributed by atoms with Crippen molar-refractivity contribution in [3.63, 3.8) is 0 Å². The number of nitrogens with two attached hydrogens (primary N) is 1. The van der Waals surface area contributed by atoms with E-state index in [1.54, 1.807) is 6.07 Å². The highest BCUT2D eigenvalue weighted by Crippen LogP contribution is 2.43. The van der Waals surface area contributed by atoms with Gasteiger partial charge >= 0.3 is 0 Å². The summed E-state index contributed by atoms with van der Waals surface area (Å²) in [6, 6.07) is 21.8. The van der Waals surface area contributed by atoms with Crippen LogP contribution >= 0.6 is 0 Å². The lowest BCUT2D eigenvalue weighted by Crippen LogP contribution is -1.96. The number of non-ortho nitro benzene ring substituents is 1. The van der Waals surface area contributed by atoms with Crippen LogP contribution in [-0.2, 0) is 0 Å². The van der Waals surface area contributed by atoms with Crippen LogP contribution in [0.4, 0.5) is 5.69 Å². The van der Waals surface area contributed by atoms with Crippen molar-refractivity contribution in [3.05, 3.63) is 76.8 Å².